The highest BCUT2D eigenvalue weighted by molar-refractivity contribution is 5.79. The third-order valence-corrected chi connectivity index (χ3v) is 4.09. The van der Waals surface area contributed by atoms with E-state index in [0.717, 1.165) is 25.9 Å². The molecule has 0 aromatic rings. The van der Waals surface area contributed by atoms with Crippen LogP contribution in [0.3, 0.4) is 0 Å². The molecule has 0 spiro atoms. The molecule has 0 bridgehead atoms. The lowest BCUT2D eigenvalue weighted by molar-refractivity contribution is -0.123. The molecule has 4 nitrogen and oxygen atoms in total. The van der Waals surface area contributed by atoms with Gasteiger partial charge >= 0.3 is 0 Å². The number of hydrogen-bond acceptors (Lipinski definition) is 3. The van der Waals surface area contributed by atoms with Crippen molar-refractivity contribution in [3.8, 4) is 6.07 Å². The summed E-state index contributed by atoms with van der Waals surface area (Å²) in [5.74, 6) is 0.364. The Morgan fingerprint density at radius 2 is 1.94 bits per heavy atom. The van der Waals surface area contributed by atoms with E-state index in [4.69, 9.17) is 0 Å². The second-order valence-electron chi connectivity index (χ2n) is 5.83. The van der Waals surface area contributed by atoms with Gasteiger partial charge in [-0.05, 0) is 51.6 Å². The molecule has 0 aromatic carbocycles. The fourth-order valence-corrected chi connectivity index (χ4v) is 2.71. The zero-order valence-corrected chi connectivity index (χ0v) is 11.2. The van der Waals surface area contributed by atoms with Gasteiger partial charge in [0.2, 0.25) is 5.91 Å². The summed E-state index contributed by atoms with van der Waals surface area (Å²) in [4.78, 5) is 14.2. The Kier molecular flexibility index (Phi) is 4.23. The molecule has 2 aliphatic rings. The van der Waals surface area contributed by atoms with Crippen LogP contribution >= 0.6 is 0 Å². The summed E-state index contributed by atoms with van der Waals surface area (Å²) < 4.78 is 0. The average Bonchev–Trinajstić information content (AvgIpc) is 3.16. The van der Waals surface area contributed by atoms with Gasteiger partial charge in [-0.2, -0.15) is 5.26 Å². The Labute approximate surface area is 109 Å². The van der Waals surface area contributed by atoms with Gasteiger partial charge in [-0.1, -0.05) is 12.8 Å². The molecule has 1 aliphatic heterocycles. The first-order valence-corrected chi connectivity index (χ1v) is 7.09. The molecule has 1 saturated heterocycles. The molecular formula is C14H23N3O. The number of rotatable bonds is 4. The van der Waals surface area contributed by atoms with Crippen LogP contribution in [-0.2, 0) is 4.79 Å². The molecule has 0 aromatic heterocycles. The fraction of sp³-hybridized carbons (Fsp3) is 0.857. The third kappa shape index (κ3) is 3.46. The van der Waals surface area contributed by atoms with E-state index in [-0.39, 0.29) is 5.91 Å². The lowest BCUT2D eigenvalue weighted by atomic mass is 9.98. The van der Waals surface area contributed by atoms with Crippen molar-refractivity contribution in [3.63, 3.8) is 0 Å². The maximum absolute atomic E-state index is 12.0. The Morgan fingerprint density at radius 1 is 1.33 bits per heavy atom. The van der Waals surface area contributed by atoms with Crippen LogP contribution in [0.2, 0.25) is 0 Å². The van der Waals surface area contributed by atoms with Gasteiger partial charge in [-0.25, -0.2) is 0 Å². The quantitative estimate of drug-likeness (QED) is 0.824. The van der Waals surface area contributed by atoms with Gasteiger partial charge in [-0.3, -0.25) is 9.69 Å². The van der Waals surface area contributed by atoms with Crippen LogP contribution in [0.1, 0.15) is 45.4 Å². The zero-order chi connectivity index (χ0) is 13.0. The van der Waals surface area contributed by atoms with E-state index in [1.54, 1.807) is 0 Å². The number of carbonyl (C=O) groups is 1. The van der Waals surface area contributed by atoms with E-state index < -0.39 is 5.54 Å². The average molecular weight is 249 g/mol. The first-order valence-electron chi connectivity index (χ1n) is 7.09. The summed E-state index contributed by atoms with van der Waals surface area (Å²) in [6.45, 7) is 4.33. The van der Waals surface area contributed by atoms with Gasteiger partial charge < -0.3 is 5.32 Å². The number of carbonyl (C=O) groups excluding carboxylic acids is 1. The van der Waals surface area contributed by atoms with Gasteiger partial charge in [0, 0.05) is 0 Å². The highest BCUT2D eigenvalue weighted by Gasteiger charge is 2.43. The summed E-state index contributed by atoms with van der Waals surface area (Å²) >= 11 is 0. The predicted molar refractivity (Wildman–Crippen MR) is 69.8 cm³/mol. The molecule has 1 N–H and O–H groups in total. The second kappa shape index (κ2) is 5.71. The number of nitrogens with zero attached hydrogens (tertiary/aromatic N) is 2. The van der Waals surface area contributed by atoms with E-state index in [9.17, 15) is 10.1 Å². The number of hydrogen-bond donors (Lipinski definition) is 1. The minimum Gasteiger partial charge on any atom is -0.337 e. The minimum atomic E-state index is -0.650. The van der Waals surface area contributed by atoms with Crippen LogP contribution in [0.5, 0.6) is 0 Å². The van der Waals surface area contributed by atoms with Crippen molar-refractivity contribution in [1.29, 1.82) is 5.26 Å². The van der Waals surface area contributed by atoms with Crippen molar-refractivity contribution in [2.24, 2.45) is 5.92 Å². The molecule has 2 fully saturated rings. The Hall–Kier alpha value is -1.08. The maximum atomic E-state index is 12.0. The van der Waals surface area contributed by atoms with E-state index in [1.165, 1.54) is 25.7 Å². The molecule has 18 heavy (non-hydrogen) atoms. The lowest BCUT2D eigenvalue weighted by Crippen LogP contribution is -2.50. The Bertz CT molecular complexity index is 337. The smallest absolute Gasteiger partial charge is 0.235 e. The molecule has 2 rings (SSSR count). The first-order chi connectivity index (χ1) is 8.64. The van der Waals surface area contributed by atoms with E-state index in [1.807, 2.05) is 6.92 Å². The molecule has 1 saturated carbocycles. The van der Waals surface area contributed by atoms with Gasteiger partial charge in [0.1, 0.15) is 5.54 Å². The Morgan fingerprint density at radius 3 is 2.44 bits per heavy atom. The summed E-state index contributed by atoms with van der Waals surface area (Å²) in [6.07, 6.45) is 7.05. The van der Waals surface area contributed by atoms with Crippen molar-refractivity contribution in [2.45, 2.75) is 51.0 Å². The SMILES string of the molecule is CC(C#N)(NC(=O)CN1CCCCCC1)C1CC1. The van der Waals surface area contributed by atoms with E-state index >= 15 is 0 Å². The molecule has 4 heteroatoms. The maximum Gasteiger partial charge on any atom is 0.235 e. The van der Waals surface area contributed by atoms with Gasteiger partial charge in [0.25, 0.3) is 0 Å². The molecule has 0 radical (unpaired) electrons. The van der Waals surface area contributed by atoms with Crippen molar-refractivity contribution in [2.75, 3.05) is 19.6 Å². The highest BCUT2D eigenvalue weighted by Crippen LogP contribution is 2.39. The number of nitriles is 1. The van der Waals surface area contributed by atoms with Gasteiger partial charge in [0.05, 0.1) is 12.6 Å². The molecular weight excluding hydrogens is 226 g/mol. The highest BCUT2D eigenvalue weighted by atomic mass is 16.2. The topological polar surface area (TPSA) is 56.1 Å². The molecule has 1 aliphatic carbocycles. The van der Waals surface area contributed by atoms with Crippen LogP contribution < -0.4 is 5.32 Å². The van der Waals surface area contributed by atoms with E-state index in [0.29, 0.717) is 12.5 Å². The van der Waals surface area contributed by atoms with Crippen molar-refractivity contribution >= 4 is 5.91 Å². The van der Waals surface area contributed by atoms with Crippen LogP contribution in [0.25, 0.3) is 0 Å². The van der Waals surface area contributed by atoms with Crippen LogP contribution in [-0.4, -0.2) is 36.0 Å². The zero-order valence-electron chi connectivity index (χ0n) is 11.2. The lowest BCUT2D eigenvalue weighted by Gasteiger charge is -2.25. The number of nitrogens with one attached hydrogen (secondary N) is 1. The van der Waals surface area contributed by atoms with Crippen LogP contribution in [0, 0.1) is 17.2 Å². The van der Waals surface area contributed by atoms with Gasteiger partial charge in [-0.15, -0.1) is 0 Å². The largest absolute Gasteiger partial charge is 0.337 e. The van der Waals surface area contributed by atoms with Crippen molar-refractivity contribution < 1.29 is 4.79 Å². The molecule has 1 heterocycles. The summed E-state index contributed by atoms with van der Waals surface area (Å²) in [5, 5.41) is 12.1. The van der Waals surface area contributed by atoms with E-state index in [2.05, 4.69) is 16.3 Å². The molecule has 1 unspecified atom stereocenters. The predicted octanol–water partition coefficient (Wildman–Crippen LogP) is 1.67. The number of likely N-dealkylation sites (tertiary alicyclic amines) is 1. The third-order valence-electron chi connectivity index (χ3n) is 4.09. The monoisotopic (exact) mass is 249 g/mol. The van der Waals surface area contributed by atoms with Crippen LogP contribution in [0.4, 0.5) is 0 Å². The summed E-state index contributed by atoms with van der Waals surface area (Å²) in [5.41, 5.74) is -0.650. The second-order valence-corrected chi connectivity index (χ2v) is 5.83. The summed E-state index contributed by atoms with van der Waals surface area (Å²) in [6, 6.07) is 2.27. The standard InChI is InChI=1S/C14H23N3O/c1-14(11-15,12-6-7-12)16-13(18)10-17-8-4-2-3-5-9-17/h12H,2-10H2,1H3,(H,16,18). The van der Waals surface area contributed by atoms with Crippen molar-refractivity contribution in [1.82, 2.24) is 10.2 Å². The van der Waals surface area contributed by atoms with Crippen molar-refractivity contribution in [3.05, 3.63) is 0 Å². The molecule has 1 amide bonds. The number of amides is 1. The first kappa shape index (κ1) is 13.4. The van der Waals surface area contributed by atoms with Gasteiger partial charge in [0.15, 0.2) is 0 Å². The normalized spacial score (nSPS) is 24.7. The fourth-order valence-electron chi connectivity index (χ4n) is 2.71. The van der Waals surface area contributed by atoms with Crippen LogP contribution in [0.15, 0.2) is 0 Å². The minimum absolute atomic E-state index is 0.00727. The Balaban J connectivity index is 1.82. The summed E-state index contributed by atoms with van der Waals surface area (Å²) in [7, 11) is 0. The molecule has 1 atom stereocenters. The molecule has 100 valence electrons.